The summed E-state index contributed by atoms with van der Waals surface area (Å²) in [6, 6.07) is 8.23. The Balaban J connectivity index is 1.94. The molecule has 0 radical (unpaired) electrons. The average Bonchev–Trinajstić information content (AvgIpc) is 2.79. The minimum atomic E-state index is 0.482. The number of aryl methyl sites for hydroxylation is 1. The van der Waals surface area contributed by atoms with Gasteiger partial charge in [-0.1, -0.05) is 0 Å². The highest BCUT2D eigenvalue weighted by atomic mass is 16.5. The molecule has 1 fully saturated rings. The number of hydrogen-bond acceptors (Lipinski definition) is 3. The fourth-order valence-corrected chi connectivity index (χ4v) is 1.95. The van der Waals surface area contributed by atoms with Gasteiger partial charge in [-0.3, -0.25) is 0 Å². The first-order valence-corrected chi connectivity index (χ1v) is 5.66. The molecule has 0 bridgehead atoms. The lowest BCUT2D eigenvalue weighted by Gasteiger charge is -2.12. The van der Waals surface area contributed by atoms with Crippen molar-refractivity contribution in [3.8, 4) is 11.8 Å². The van der Waals surface area contributed by atoms with Gasteiger partial charge < -0.3 is 10.1 Å². The van der Waals surface area contributed by atoms with E-state index in [1.54, 1.807) is 0 Å². The van der Waals surface area contributed by atoms with Crippen molar-refractivity contribution in [2.24, 2.45) is 0 Å². The van der Waals surface area contributed by atoms with E-state index in [4.69, 9.17) is 10.00 Å². The summed E-state index contributed by atoms with van der Waals surface area (Å²) in [6.07, 6.45) is 2.43. The van der Waals surface area contributed by atoms with Gasteiger partial charge in [-0.25, -0.2) is 0 Å². The van der Waals surface area contributed by atoms with Crippen molar-refractivity contribution < 1.29 is 4.74 Å². The maximum atomic E-state index is 8.81. The summed E-state index contributed by atoms with van der Waals surface area (Å²) < 4.78 is 5.70. The van der Waals surface area contributed by atoms with Crippen molar-refractivity contribution in [1.29, 1.82) is 5.26 Å². The second-order valence-corrected chi connectivity index (χ2v) is 4.19. The molecule has 0 aliphatic carbocycles. The Bertz CT molecular complexity index is 403. The van der Waals surface area contributed by atoms with Crippen molar-refractivity contribution in [2.75, 3.05) is 13.2 Å². The second-order valence-electron chi connectivity index (χ2n) is 4.19. The Morgan fingerprint density at radius 1 is 1.56 bits per heavy atom. The molecule has 16 heavy (non-hydrogen) atoms. The molecule has 0 aromatic heterocycles. The van der Waals surface area contributed by atoms with Crippen LogP contribution in [-0.2, 0) is 0 Å². The van der Waals surface area contributed by atoms with Crippen LogP contribution in [0.4, 0.5) is 0 Å². The van der Waals surface area contributed by atoms with E-state index < -0.39 is 0 Å². The van der Waals surface area contributed by atoms with E-state index in [1.165, 1.54) is 12.8 Å². The van der Waals surface area contributed by atoms with Crippen LogP contribution in [0.1, 0.15) is 24.0 Å². The number of nitriles is 1. The van der Waals surface area contributed by atoms with Crippen LogP contribution in [0.2, 0.25) is 0 Å². The Hall–Kier alpha value is -1.53. The van der Waals surface area contributed by atoms with Crippen LogP contribution in [0.5, 0.6) is 5.75 Å². The summed E-state index contributed by atoms with van der Waals surface area (Å²) in [7, 11) is 0. The zero-order valence-electron chi connectivity index (χ0n) is 9.49. The minimum Gasteiger partial charge on any atom is -0.492 e. The molecule has 1 saturated heterocycles. The number of ether oxygens (including phenoxy) is 1. The molecule has 1 heterocycles. The fraction of sp³-hybridized carbons (Fsp3) is 0.462. The SMILES string of the molecule is Cc1cc(OCC2CCCN2)ccc1C#N. The summed E-state index contributed by atoms with van der Waals surface area (Å²) in [5, 5.41) is 12.2. The Morgan fingerprint density at radius 2 is 2.44 bits per heavy atom. The lowest BCUT2D eigenvalue weighted by molar-refractivity contribution is 0.277. The van der Waals surface area contributed by atoms with E-state index in [0.717, 1.165) is 17.9 Å². The third-order valence-corrected chi connectivity index (χ3v) is 2.93. The van der Waals surface area contributed by atoms with Crippen LogP contribution in [0.3, 0.4) is 0 Å². The number of rotatable bonds is 3. The molecule has 1 atom stereocenters. The minimum absolute atomic E-state index is 0.482. The lowest BCUT2D eigenvalue weighted by atomic mass is 10.1. The number of nitrogens with zero attached hydrogens (tertiary/aromatic N) is 1. The first kappa shape index (κ1) is 11.0. The first-order valence-electron chi connectivity index (χ1n) is 5.66. The normalized spacial score (nSPS) is 19.4. The first-order chi connectivity index (χ1) is 7.79. The van der Waals surface area contributed by atoms with Gasteiger partial charge in [-0.05, 0) is 50.1 Å². The fourth-order valence-electron chi connectivity index (χ4n) is 1.95. The van der Waals surface area contributed by atoms with E-state index in [1.807, 2.05) is 25.1 Å². The quantitative estimate of drug-likeness (QED) is 0.840. The zero-order valence-corrected chi connectivity index (χ0v) is 9.49. The zero-order chi connectivity index (χ0) is 11.4. The Labute approximate surface area is 96.0 Å². The van der Waals surface area contributed by atoms with E-state index in [-0.39, 0.29) is 0 Å². The lowest BCUT2D eigenvalue weighted by Crippen LogP contribution is -2.28. The number of benzene rings is 1. The molecule has 2 rings (SSSR count). The van der Waals surface area contributed by atoms with Gasteiger partial charge in [0.15, 0.2) is 0 Å². The molecule has 1 aliphatic rings. The monoisotopic (exact) mass is 216 g/mol. The predicted octanol–water partition coefficient (Wildman–Crippen LogP) is 2.00. The van der Waals surface area contributed by atoms with Gasteiger partial charge >= 0.3 is 0 Å². The van der Waals surface area contributed by atoms with Crippen molar-refractivity contribution >= 4 is 0 Å². The van der Waals surface area contributed by atoms with Gasteiger partial charge in [0.05, 0.1) is 11.6 Å². The third-order valence-electron chi connectivity index (χ3n) is 2.93. The Morgan fingerprint density at radius 3 is 3.06 bits per heavy atom. The predicted molar refractivity (Wildman–Crippen MR) is 62.4 cm³/mol. The van der Waals surface area contributed by atoms with Crippen LogP contribution in [0.15, 0.2) is 18.2 Å². The van der Waals surface area contributed by atoms with Crippen LogP contribution in [-0.4, -0.2) is 19.2 Å². The van der Waals surface area contributed by atoms with Gasteiger partial charge in [-0.2, -0.15) is 5.26 Å². The highest BCUT2D eigenvalue weighted by Crippen LogP contribution is 2.17. The van der Waals surface area contributed by atoms with Gasteiger partial charge in [0.25, 0.3) is 0 Å². The van der Waals surface area contributed by atoms with Crippen LogP contribution >= 0.6 is 0 Å². The molecule has 1 N–H and O–H groups in total. The highest BCUT2D eigenvalue weighted by molar-refractivity contribution is 5.41. The molecular weight excluding hydrogens is 200 g/mol. The standard InChI is InChI=1S/C13H16N2O/c1-10-7-13(5-4-11(10)8-14)16-9-12-3-2-6-15-12/h4-5,7,12,15H,2-3,6,9H2,1H3. The average molecular weight is 216 g/mol. The summed E-state index contributed by atoms with van der Waals surface area (Å²) in [5.74, 6) is 0.852. The van der Waals surface area contributed by atoms with Gasteiger partial charge in [0, 0.05) is 6.04 Å². The van der Waals surface area contributed by atoms with Crippen molar-refractivity contribution in [3.05, 3.63) is 29.3 Å². The van der Waals surface area contributed by atoms with E-state index >= 15 is 0 Å². The topological polar surface area (TPSA) is 45.0 Å². The van der Waals surface area contributed by atoms with Crippen molar-refractivity contribution in [3.63, 3.8) is 0 Å². The molecule has 1 unspecified atom stereocenters. The maximum Gasteiger partial charge on any atom is 0.119 e. The summed E-state index contributed by atoms with van der Waals surface area (Å²) >= 11 is 0. The van der Waals surface area contributed by atoms with Crippen molar-refractivity contribution in [1.82, 2.24) is 5.32 Å². The maximum absolute atomic E-state index is 8.81. The van der Waals surface area contributed by atoms with Crippen molar-refractivity contribution in [2.45, 2.75) is 25.8 Å². The third kappa shape index (κ3) is 2.53. The number of hydrogen-bond donors (Lipinski definition) is 1. The van der Waals surface area contributed by atoms with E-state index in [2.05, 4.69) is 11.4 Å². The molecule has 0 saturated carbocycles. The molecular formula is C13H16N2O. The van der Waals surface area contributed by atoms with E-state index in [0.29, 0.717) is 18.2 Å². The van der Waals surface area contributed by atoms with E-state index in [9.17, 15) is 0 Å². The molecule has 84 valence electrons. The second kappa shape index (κ2) is 5.00. The highest BCUT2D eigenvalue weighted by Gasteiger charge is 2.14. The smallest absolute Gasteiger partial charge is 0.119 e. The van der Waals surface area contributed by atoms with Gasteiger partial charge in [-0.15, -0.1) is 0 Å². The molecule has 0 spiro atoms. The van der Waals surface area contributed by atoms with Crippen LogP contribution < -0.4 is 10.1 Å². The molecule has 1 aliphatic heterocycles. The molecule has 3 nitrogen and oxygen atoms in total. The Kier molecular flexibility index (Phi) is 3.43. The van der Waals surface area contributed by atoms with Crippen LogP contribution in [0.25, 0.3) is 0 Å². The molecule has 1 aromatic carbocycles. The number of nitrogens with one attached hydrogen (secondary N) is 1. The molecule has 1 aromatic rings. The molecule has 3 heteroatoms. The van der Waals surface area contributed by atoms with Gasteiger partial charge in [0.2, 0.25) is 0 Å². The summed E-state index contributed by atoms with van der Waals surface area (Å²) in [6.45, 7) is 3.74. The van der Waals surface area contributed by atoms with Gasteiger partial charge in [0.1, 0.15) is 12.4 Å². The molecule has 0 amide bonds. The largest absolute Gasteiger partial charge is 0.492 e. The summed E-state index contributed by atoms with van der Waals surface area (Å²) in [5.41, 5.74) is 1.69. The summed E-state index contributed by atoms with van der Waals surface area (Å²) in [4.78, 5) is 0. The van der Waals surface area contributed by atoms with Crippen LogP contribution in [0, 0.1) is 18.3 Å².